The Bertz CT molecular complexity index is 840. The zero-order valence-electron chi connectivity index (χ0n) is 17.1. The number of ether oxygens (including phenoxy) is 1. The Morgan fingerprint density at radius 1 is 1.32 bits per heavy atom. The van der Waals surface area contributed by atoms with Crippen molar-refractivity contribution in [1.82, 2.24) is 15.3 Å². The number of anilines is 3. The van der Waals surface area contributed by atoms with Crippen molar-refractivity contribution in [2.45, 2.75) is 46.1 Å². The molecule has 0 spiro atoms. The van der Waals surface area contributed by atoms with Crippen LogP contribution in [0.25, 0.3) is 0 Å². The van der Waals surface area contributed by atoms with E-state index in [0.717, 1.165) is 60.9 Å². The van der Waals surface area contributed by atoms with Gasteiger partial charge in [-0.1, -0.05) is 19.4 Å². The molecule has 0 bridgehead atoms. The van der Waals surface area contributed by atoms with Crippen molar-refractivity contribution in [3.8, 4) is 5.75 Å². The van der Waals surface area contributed by atoms with Gasteiger partial charge in [0.2, 0.25) is 11.9 Å². The lowest BCUT2D eigenvalue weighted by molar-refractivity contribution is -0.119. The number of aryl methyl sites for hydroxylation is 2. The van der Waals surface area contributed by atoms with Gasteiger partial charge >= 0.3 is 0 Å². The maximum atomic E-state index is 11.3. The molecule has 2 heterocycles. The molecule has 2 aromatic rings. The fourth-order valence-electron chi connectivity index (χ4n) is 3.49. The highest BCUT2D eigenvalue weighted by molar-refractivity contribution is 5.73. The first-order valence-electron chi connectivity index (χ1n) is 9.80. The second-order valence-electron chi connectivity index (χ2n) is 7.23. The Kier molecular flexibility index (Phi) is 6.34. The average molecular weight is 383 g/mol. The summed E-state index contributed by atoms with van der Waals surface area (Å²) in [7, 11) is 1.67. The van der Waals surface area contributed by atoms with Crippen LogP contribution in [0.2, 0.25) is 0 Å². The highest BCUT2D eigenvalue weighted by atomic mass is 16.5. The minimum Gasteiger partial charge on any atom is -0.496 e. The van der Waals surface area contributed by atoms with E-state index in [2.05, 4.69) is 33.5 Å². The number of nitrogens with zero attached hydrogens (tertiary/aromatic N) is 3. The summed E-state index contributed by atoms with van der Waals surface area (Å²) in [6, 6.07) is 8.18. The third-order valence-corrected chi connectivity index (χ3v) is 4.86. The van der Waals surface area contributed by atoms with Gasteiger partial charge in [0.1, 0.15) is 11.6 Å². The largest absolute Gasteiger partial charge is 0.496 e. The molecular formula is C21H29N5O2. The van der Waals surface area contributed by atoms with Gasteiger partial charge < -0.3 is 20.3 Å². The molecule has 0 radical (unpaired) electrons. The zero-order valence-corrected chi connectivity index (χ0v) is 17.1. The smallest absolute Gasteiger partial charge is 0.229 e. The van der Waals surface area contributed by atoms with Crippen LogP contribution in [-0.4, -0.2) is 42.1 Å². The van der Waals surface area contributed by atoms with Crippen molar-refractivity contribution in [2.24, 2.45) is 0 Å². The summed E-state index contributed by atoms with van der Waals surface area (Å²) in [5, 5.41) is 6.31. The number of nitrogens with one attached hydrogen (secondary N) is 2. The van der Waals surface area contributed by atoms with Gasteiger partial charge in [0, 0.05) is 49.6 Å². The molecule has 1 aromatic heterocycles. The Hall–Kier alpha value is -2.83. The van der Waals surface area contributed by atoms with Crippen molar-refractivity contribution in [1.29, 1.82) is 0 Å². The Morgan fingerprint density at radius 2 is 2.14 bits per heavy atom. The summed E-state index contributed by atoms with van der Waals surface area (Å²) in [6.07, 6.45) is 2.83. The Balaban J connectivity index is 1.83. The van der Waals surface area contributed by atoms with E-state index in [-0.39, 0.29) is 11.9 Å². The van der Waals surface area contributed by atoms with Gasteiger partial charge in [-0.25, -0.2) is 4.98 Å². The normalized spacial score (nSPS) is 16.1. The molecule has 0 aliphatic carbocycles. The van der Waals surface area contributed by atoms with E-state index in [0.29, 0.717) is 5.95 Å². The van der Waals surface area contributed by atoms with E-state index in [1.165, 1.54) is 0 Å². The summed E-state index contributed by atoms with van der Waals surface area (Å²) in [5.74, 6) is 2.31. The van der Waals surface area contributed by atoms with Crippen LogP contribution >= 0.6 is 0 Å². The molecule has 1 aliphatic heterocycles. The van der Waals surface area contributed by atoms with E-state index in [1.807, 2.05) is 25.1 Å². The number of hydrogen-bond donors (Lipinski definition) is 2. The van der Waals surface area contributed by atoms with Crippen LogP contribution < -0.4 is 20.3 Å². The SMILES string of the molecule is CCCc1cc(N2CCC(NC(C)=O)C2)nc(Nc2ccc(C)c(OC)c2)n1. The van der Waals surface area contributed by atoms with Crippen LogP contribution in [-0.2, 0) is 11.2 Å². The van der Waals surface area contributed by atoms with Gasteiger partial charge in [-0.3, -0.25) is 4.79 Å². The molecule has 3 rings (SSSR count). The molecule has 0 saturated carbocycles. The van der Waals surface area contributed by atoms with Crippen LogP contribution in [0.5, 0.6) is 5.75 Å². The number of amides is 1. The minimum atomic E-state index is 0.0110. The number of benzene rings is 1. The van der Waals surface area contributed by atoms with Gasteiger partial charge in [0.05, 0.1) is 7.11 Å². The second kappa shape index (κ2) is 8.91. The monoisotopic (exact) mass is 383 g/mol. The number of carbonyl (C=O) groups is 1. The first-order chi connectivity index (χ1) is 13.5. The molecule has 2 N–H and O–H groups in total. The number of hydrogen-bond acceptors (Lipinski definition) is 6. The molecule has 150 valence electrons. The van der Waals surface area contributed by atoms with Gasteiger partial charge in [-0.05, 0) is 31.4 Å². The van der Waals surface area contributed by atoms with Crippen LogP contribution in [0.1, 0.15) is 37.9 Å². The van der Waals surface area contributed by atoms with Gasteiger partial charge in [-0.2, -0.15) is 4.98 Å². The number of methoxy groups -OCH3 is 1. The summed E-state index contributed by atoms with van der Waals surface area (Å²) < 4.78 is 5.41. The summed E-state index contributed by atoms with van der Waals surface area (Å²) in [4.78, 5) is 23.0. The zero-order chi connectivity index (χ0) is 20.1. The van der Waals surface area contributed by atoms with Gasteiger partial charge in [0.25, 0.3) is 0 Å². The lowest BCUT2D eigenvalue weighted by atomic mass is 10.2. The molecule has 1 saturated heterocycles. The van der Waals surface area contributed by atoms with E-state index in [4.69, 9.17) is 9.72 Å². The molecule has 28 heavy (non-hydrogen) atoms. The molecule has 1 fully saturated rings. The van der Waals surface area contributed by atoms with E-state index in [1.54, 1.807) is 14.0 Å². The van der Waals surface area contributed by atoms with Crippen molar-refractivity contribution < 1.29 is 9.53 Å². The molecule has 1 atom stereocenters. The predicted molar refractivity (Wildman–Crippen MR) is 111 cm³/mol. The Labute approximate surface area is 166 Å². The number of carbonyl (C=O) groups excluding carboxylic acids is 1. The maximum Gasteiger partial charge on any atom is 0.229 e. The first-order valence-corrected chi connectivity index (χ1v) is 9.80. The lowest BCUT2D eigenvalue weighted by Gasteiger charge is -2.19. The second-order valence-corrected chi connectivity index (χ2v) is 7.23. The predicted octanol–water partition coefficient (Wildman–Crippen LogP) is 3.20. The van der Waals surface area contributed by atoms with Crippen LogP contribution in [0.15, 0.2) is 24.3 Å². The fourth-order valence-corrected chi connectivity index (χ4v) is 3.49. The van der Waals surface area contributed by atoms with Crippen LogP contribution in [0.4, 0.5) is 17.5 Å². The topological polar surface area (TPSA) is 79.4 Å². The van der Waals surface area contributed by atoms with Crippen LogP contribution in [0.3, 0.4) is 0 Å². The third kappa shape index (κ3) is 4.91. The van der Waals surface area contributed by atoms with Crippen molar-refractivity contribution in [2.75, 3.05) is 30.4 Å². The standard InChI is InChI=1S/C21H29N5O2/c1-5-6-16-12-20(26-10-9-18(13-26)22-15(3)27)25-21(23-16)24-17-8-7-14(2)19(11-17)28-4/h7-8,11-12,18H,5-6,9-10,13H2,1-4H3,(H,22,27)(H,23,24,25). The van der Waals surface area contributed by atoms with Crippen molar-refractivity contribution >= 4 is 23.4 Å². The summed E-state index contributed by atoms with van der Waals surface area (Å²) in [6.45, 7) is 7.34. The van der Waals surface area contributed by atoms with Gasteiger partial charge in [0.15, 0.2) is 0 Å². The fraction of sp³-hybridized carbons (Fsp3) is 0.476. The van der Waals surface area contributed by atoms with Gasteiger partial charge in [-0.15, -0.1) is 0 Å². The maximum absolute atomic E-state index is 11.3. The number of rotatable bonds is 7. The molecule has 7 nitrogen and oxygen atoms in total. The molecule has 1 unspecified atom stereocenters. The van der Waals surface area contributed by atoms with E-state index < -0.39 is 0 Å². The molecule has 1 aliphatic rings. The average Bonchev–Trinajstić information content (AvgIpc) is 3.11. The van der Waals surface area contributed by atoms with Crippen molar-refractivity contribution in [3.63, 3.8) is 0 Å². The molecule has 1 aromatic carbocycles. The highest BCUT2D eigenvalue weighted by Crippen LogP contribution is 2.26. The van der Waals surface area contributed by atoms with Crippen LogP contribution in [0, 0.1) is 6.92 Å². The molecular weight excluding hydrogens is 354 g/mol. The number of aromatic nitrogens is 2. The summed E-state index contributed by atoms with van der Waals surface area (Å²) in [5.41, 5.74) is 2.98. The van der Waals surface area contributed by atoms with E-state index >= 15 is 0 Å². The highest BCUT2D eigenvalue weighted by Gasteiger charge is 2.24. The first kappa shape index (κ1) is 19.9. The minimum absolute atomic E-state index is 0.0110. The lowest BCUT2D eigenvalue weighted by Crippen LogP contribution is -2.35. The van der Waals surface area contributed by atoms with E-state index in [9.17, 15) is 4.79 Å². The molecule has 7 heteroatoms. The van der Waals surface area contributed by atoms with Crippen molar-refractivity contribution in [3.05, 3.63) is 35.5 Å². The summed E-state index contributed by atoms with van der Waals surface area (Å²) >= 11 is 0. The molecule has 1 amide bonds. The third-order valence-electron chi connectivity index (χ3n) is 4.86. The Morgan fingerprint density at radius 3 is 2.86 bits per heavy atom. The quantitative estimate of drug-likeness (QED) is 0.764.